The number of hydrogen-bond donors (Lipinski definition) is 0. The molecular formula is C12H16N6O2S. The number of carbonyl (C=O) groups excluding carboxylic acids is 1. The lowest BCUT2D eigenvalue weighted by Gasteiger charge is -2.26. The highest BCUT2D eigenvalue weighted by molar-refractivity contribution is 8.00. The van der Waals surface area contributed by atoms with E-state index in [4.69, 9.17) is 4.74 Å². The number of aromatic nitrogens is 5. The maximum absolute atomic E-state index is 12.1. The van der Waals surface area contributed by atoms with Gasteiger partial charge in [-0.1, -0.05) is 17.0 Å². The summed E-state index contributed by atoms with van der Waals surface area (Å²) < 4.78 is 6.96. The van der Waals surface area contributed by atoms with Gasteiger partial charge >= 0.3 is 0 Å². The summed E-state index contributed by atoms with van der Waals surface area (Å²) in [6.07, 6.45) is 1.49. The van der Waals surface area contributed by atoms with Crippen LogP contribution in [0.4, 0.5) is 0 Å². The molecule has 9 heteroatoms. The van der Waals surface area contributed by atoms with Crippen molar-refractivity contribution in [3.8, 4) is 0 Å². The second-order valence-corrected chi connectivity index (χ2v) is 5.50. The summed E-state index contributed by atoms with van der Waals surface area (Å²) in [5, 5.41) is 8.83. The predicted molar refractivity (Wildman–Crippen MR) is 76.9 cm³/mol. The van der Waals surface area contributed by atoms with Crippen LogP contribution in [0.25, 0.3) is 11.2 Å². The molecule has 0 bridgehead atoms. The molecule has 3 heterocycles. The zero-order valence-corrected chi connectivity index (χ0v) is 12.5. The Balaban J connectivity index is 1.70. The zero-order valence-electron chi connectivity index (χ0n) is 11.7. The van der Waals surface area contributed by atoms with E-state index < -0.39 is 0 Å². The molecule has 112 valence electrons. The lowest BCUT2D eigenvalue weighted by molar-refractivity contribution is -0.132. The van der Waals surface area contributed by atoms with Gasteiger partial charge in [0.25, 0.3) is 0 Å². The van der Waals surface area contributed by atoms with Crippen molar-refractivity contribution in [3.63, 3.8) is 0 Å². The average Bonchev–Trinajstić information content (AvgIpc) is 2.97. The van der Waals surface area contributed by atoms with E-state index in [0.29, 0.717) is 54.8 Å². The van der Waals surface area contributed by atoms with Crippen molar-refractivity contribution in [1.29, 1.82) is 0 Å². The van der Waals surface area contributed by atoms with E-state index in [2.05, 4.69) is 20.3 Å². The molecule has 1 amide bonds. The summed E-state index contributed by atoms with van der Waals surface area (Å²) in [5.74, 6) is 0.434. The van der Waals surface area contributed by atoms with Gasteiger partial charge in [-0.2, -0.15) is 0 Å². The minimum atomic E-state index is 0.0953. The number of carbonyl (C=O) groups is 1. The maximum Gasteiger partial charge on any atom is 0.233 e. The third-order valence-electron chi connectivity index (χ3n) is 3.26. The highest BCUT2D eigenvalue weighted by Crippen LogP contribution is 2.22. The standard InChI is InChI=1S/C12H16N6O2S/c1-2-18-11-10(15-16-18)12(14-8-13-11)21-7-9(19)17-3-5-20-6-4-17/h8H,2-7H2,1H3. The van der Waals surface area contributed by atoms with E-state index in [1.54, 1.807) is 4.68 Å². The number of amides is 1. The minimum Gasteiger partial charge on any atom is -0.378 e. The molecule has 1 fully saturated rings. The van der Waals surface area contributed by atoms with Crippen molar-refractivity contribution in [1.82, 2.24) is 29.9 Å². The molecule has 0 N–H and O–H groups in total. The summed E-state index contributed by atoms with van der Waals surface area (Å²) in [6, 6.07) is 0. The Morgan fingerprint density at radius 1 is 1.38 bits per heavy atom. The second-order valence-electron chi connectivity index (χ2n) is 4.54. The second kappa shape index (κ2) is 6.35. The Hall–Kier alpha value is -1.74. The highest BCUT2D eigenvalue weighted by atomic mass is 32.2. The lowest BCUT2D eigenvalue weighted by atomic mass is 10.4. The summed E-state index contributed by atoms with van der Waals surface area (Å²) in [6.45, 7) is 5.21. The molecule has 0 saturated carbocycles. The van der Waals surface area contributed by atoms with Crippen molar-refractivity contribution in [2.45, 2.75) is 18.5 Å². The number of hydrogen-bond acceptors (Lipinski definition) is 7. The number of fused-ring (bicyclic) bond motifs is 1. The predicted octanol–water partition coefficient (Wildman–Crippen LogP) is 0.192. The third kappa shape index (κ3) is 2.98. The molecular weight excluding hydrogens is 292 g/mol. The van der Waals surface area contributed by atoms with E-state index in [0.717, 1.165) is 0 Å². The van der Waals surface area contributed by atoms with Gasteiger partial charge in [-0.15, -0.1) is 5.10 Å². The summed E-state index contributed by atoms with van der Waals surface area (Å²) >= 11 is 1.38. The number of thioether (sulfide) groups is 1. The van der Waals surface area contributed by atoms with Crippen molar-refractivity contribution in [3.05, 3.63) is 6.33 Å². The van der Waals surface area contributed by atoms with Crippen LogP contribution in [0, 0.1) is 0 Å². The van der Waals surface area contributed by atoms with Gasteiger partial charge in [-0.05, 0) is 6.92 Å². The first kappa shape index (κ1) is 14.2. The number of nitrogens with zero attached hydrogens (tertiary/aromatic N) is 6. The van der Waals surface area contributed by atoms with Crippen LogP contribution < -0.4 is 0 Å². The molecule has 0 spiro atoms. The smallest absolute Gasteiger partial charge is 0.233 e. The fourth-order valence-corrected chi connectivity index (χ4v) is 2.96. The average molecular weight is 308 g/mol. The van der Waals surface area contributed by atoms with Crippen LogP contribution in [0.5, 0.6) is 0 Å². The first-order valence-electron chi connectivity index (χ1n) is 6.82. The number of morpholine rings is 1. The topological polar surface area (TPSA) is 86.0 Å². The van der Waals surface area contributed by atoms with Crippen molar-refractivity contribution in [2.75, 3.05) is 32.1 Å². The van der Waals surface area contributed by atoms with Crippen LogP contribution in [0.3, 0.4) is 0 Å². The molecule has 0 aromatic carbocycles. The Bertz CT molecular complexity index is 640. The minimum absolute atomic E-state index is 0.0953. The molecule has 8 nitrogen and oxygen atoms in total. The Morgan fingerprint density at radius 2 is 2.19 bits per heavy atom. The highest BCUT2D eigenvalue weighted by Gasteiger charge is 2.18. The van der Waals surface area contributed by atoms with E-state index in [1.165, 1.54) is 18.1 Å². The van der Waals surface area contributed by atoms with Gasteiger partial charge in [0.05, 0.1) is 19.0 Å². The van der Waals surface area contributed by atoms with Gasteiger partial charge in [0.2, 0.25) is 5.91 Å². The zero-order chi connectivity index (χ0) is 14.7. The fourth-order valence-electron chi connectivity index (χ4n) is 2.12. The quantitative estimate of drug-likeness (QED) is 0.589. The largest absolute Gasteiger partial charge is 0.378 e. The van der Waals surface area contributed by atoms with Crippen LogP contribution in [0.15, 0.2) is 11.4 Å². The van der Waals surface area contributed by atoms with E-state index in [9.17, 15) is 4.79 Å². The lowest BCUT2D eigenvalue weighted by Crippen LogP contribution is -2.41. The molecule has 2 aromatic heterocycles. The summed E-state index contributed by atoms with van der Waals surface area (Å²) in [5.41, 5.74) is 1.35. The summed E-state index contributed by atoms with van der Waals surface area (Å²) in [7, 11) is 0. The summed E-state index contributed by atoms with van der Waals surface area (Å²) in [4.78, 5) is 22.4. The van der Waals surface area contributed by atoms with Crippen molar-refractivity contribution >= 4 is 28.8 Å². The fraction of sp³-hybridized carbons (Fsp3) is 0.583. The molecule has 3 rings (SSSR count). The number of ether oxygens (including phenoxy) is 1. The molecule has 0 radical (unpaired) electrons. The molecule has 1 aliphatic rings. The Labute approximate surface area is 125 Å². The van der Waals surface area contributed by atoms with Crippen LogP contribution in [0.2, 0.25) is 0 Å². The third-order valence-corrected chi connectivity index (χ3v) is 4.23. The molecule has 1 aliphatic heterocycles. The monoisotopic (exact) mass is 308 g/mol. The Kier molecular flexibility index (Phi) is 4.30. The van der Waals surface area contributed by atoms with Crippen LogP contribution in [0.1, 0.15) is 6.92 Å². The van der Waals surface area contributed by atoms with Crippen LogP contribution in [-0.2, 0) is 16.1 Å². The first-order valence-corrected chi connectivity index (χ1v) is 7.80. The maximum atomic E-state index is 12.1. The SMILES string of the molecule is CCn1nnc2c(SCC(=O)N3CCOCC3)ncnc21. The number of rotatable bonds is 4. The molecule has 21 heavy (non-hydrogen) atoms. The van der Waals surface area contributed by atoms with Gasteiger partial charge in [0.15, 0.2) is 11.2 Å². The molecule has 0 unspecified atom stereocenters. The van der Waals surface area contributed by atoms with Crippen molar-refractivity contribution < 1.29 is 9.53 Å². The Morgan fingerprint density at radius 3 is 2.95 bits per heavy atom. The van der Waals surface area contributed by atoms with Crippen LogP contribution >= 0.6 is 11.8 Å². The van der Waals surface area contributed by atoms with Gasteiger partial charge < -0.3 is 9.64 Å². The van der Waals surface area contributed by atoms with Crippen LogP contribution in [-0.4, -0.2) is 67.8 Å². The van der Waals surface area contributed by atoms with E-state index in [-0.39, 0.29) is 5.91 Å². The van der Waals surface area contributed by atoms with Crippen molar-refractivity contribution in [2.24, 2.45) is 0 Å². The molecule has 2 aromatic rings. The molecule has 0 aliphatic carbocycles. The molecule has 1 saturated heterocycles. The first-order chi connectivity index (χ1) is 10.3. The van der Waals surface area contributed by atoms with Gasteiger partial charge in [0.1, 0.15) is 11.4 Å². The van der Waals surface area contributed by atoms with E-state index >= 15 is 0 Å². The van der Waals surface area contributed by atoms with Gasteiger partial charge in [-0.25, -0.2) is 14.6 Å². The molecule has 0 atom stereocenters. The number of aryl methyl sites for hydroxylation is 1. The van der Waals surface area contributed by atoms with Gasteiger partial charge in [-0.3, -0.25) is 4.79 Å². The normalized spacial score (nSPS) is 15.6. The van der Waals surface area contributed by atoms with E-state index in [1.807, 2.05) is 11.8 Å². The van der Waals surface area contributed by atoms with Gasteiger partial charge in [0, 0.05) is 19.6 Å².